The van der Waals surface area contributed by atoms with E-state index in [4.69, 9.17) is 5.90 Å². The molecule has 5 heteroatoms. The van der Waals surface area contributed by atoms with E-state index in [0.717, 1.165) is 29.5 Å². The number of hydrogen-bond acceptors (Lipinski definition) is 3. The quantitative estimate of drug-likeness (QED) is 0.861. The van der Waals surface area contributed by atoms with Crippen molar-refractivity contribution in [2.75, 3.05) is 19.7 Å². The Hall–Kier alpha value is -0.910. The van der Waals surface area contributed by atoms with Crippen LogP contribution in [0.5, 0.6) is 0 Å². The number of amides is 1. The standard InChI is InChI=1S/C13H17BrN2O2/c14-12-3-1-2-10(6-12)7-13(17)16-5-4-11(8-16)9-18-15/h1-3,6,11H,4-5,7-9,15H2. The molecule has 0 radical (unpaired) electrons. The molecule has 2 rings (SSSR count). The van der Waals surface area contributed by atoms with Gasteiger partial charge < -0.3 is 9.74 Å². The number of carbonyl (C=O) groups excluding carboxylic acids is 1. The van der Waals surface area contributed by atoms with Gasteiger partial charge in [-0.3, -0.25) is 4.79 Å². The second-order valence-corrected chi connectivity index (χ2v) is 5.55. The lowest BCUT2D eigenvalue weighted by molar-refractivity contribution is -0.129. The van der Waals surface area contributed by atoms with Crippen LogP contribution in [0, 0.1) is 5.92 Å². The van der Waals surface area contributed by atoms with Crippen LogP contribution in [0.15, 0.2) is 28.7 Å². The van der Waals surface area contributed by atoms with Gasteiger partial charge >= 0.3 is 0 Å². The van der Waals surface area contributed by atoms with Crippen molar-refractivity contribution in [1.82, 2.24) is 4.90 Å². The van der Waals surface area contributed by atoms with Crippen LogP contribution in [-0.2, 0) is 16.1 Å². The van der Waals surface area contributed by atoms with Gasteiger partial charge in [0.2, 0.25) is 5.91 Å². The van der Waals surface area contributed by atoms with Crippen molar-refractivity contribution in [3.05, 3.63) is 34.3 Å². The number of benzene rings is 1. The van der Waals surface area contributed by atoms with Crippen molar-refractivity contribution >= 4 is 21.8 Å². The van der Waals surface area contributed by atoms with Gasteiger partial charge in [-0.05, 0) is 24.1 Å². The first-order valence-corrected chi connectivity index (χ1v) is 6.82. The summed E-state index contributed by atoms with van der Waals surface area (Å²) in [5.74, 6) is 5.61. The molecule has 1 unspecified atom stereocenters. The first kappa shape index (κ1) is 13.5. The van der Waals surface area contributed by atoms with E-state index < -0.39 is 0 Å². The van der Waals surface area contributed by atoms with Crippen LogP contribution in [0.2, 0.25) is 0 Å². The smallest absolute Gasteiger partial charge is 0.227 e. The number of halogens is 1. The van der Waals surface area contributed by atoms with E-state index in [1.54, 1.807) is 0 Å². The zero-order chi connectivity index (χ0) is 13.0. The van der Waals surface area contributed by atoms with Crippen molar-refractivity contribution in [1.29, 1.82) is 0 Å². The molecular weight excluding hydrogens is 296 g/mol. The van der Waals surface area contributed by atoms with Crippen molar-refractivity contribution in [2.45, 2.75) is 12.8 Å². The molecule has 0 aliphatic carbocycles. The van der Waals surface area contributed by atoms with Crippen LogP contribution >= 0.6 is 15.9 Å². The number of nitrogens with two attached hydrogens (primary N) is 1. The number of likely N-dealkylation sites (tertiary alicyclic amines) is 1. The summed E-state index contributed by atoms with van der Waals surface area (Å²) in [5, 5.41) is 0. The van der Waals surface area contributed by atoms with Crippen LogP contribution in [0.3, 0.4) is 0 Å². The fourth-order valence-corrected chi connectivity index (χ4v) is 2.71. The van der Waals surface area contributed by atoms with Crippen molar-refractivity contribution in [3.8, 4) is 0 Å². The van der Waals surface area contributed by atoms with Gasteiger partial charge in [0.1, 0.15) is 0 Å². The first-order chi connectivity index (χ1) is 8.69. The molecule has 1 aromatic carbocycles. The molecule has 1 heterocycles. The van der Waals surface area contributed by atoms with E-state index in [-0.39, 0.29) is 5.91 Å². The molecule has 0 bridgehead atoms. The van der Waals surface area contributed by atoms with E-state index in [0.29, 0.717) is 18.9 Å². The van der Waals surface area contributed by atoms with Crippen LogP contribution in [-0.4, -0.2) is 30.5 Å². The molecule has 1 atom stereocenters. The van der Waals surface area contributed by atoms with Crippen molar-refractivity contribution in [2.24, 2.45) is 11.8 Å². The largest absolute Gasteiger partial charge is 0.342 e. The van der Waals surface area contributed by atoms with E-state index in [1.165, 1.54) is 0 Å². The molecule has 0 spiro atoms. The van der Waals surface area contributed by atoms with Gasteiger partial charge in [0, 0.05) is 23.5 Å². The Bertz CT molecular complexity index is 425. The summed E-state index contributed by atoms with van der Waals surface area (Å²) < 4.78 is 1.00. The van der Waals surface area contributed by atoms with Gasteiger partial charge in [0.25, 0.3) is 0 Å². The highest BCUT2D eigenvalue weighted by atomic mass is 79.9. The van der Waals surface area contributed by atoms with Gasteiger partial charge in [0.15, 0.2) is 0 Å². The molecule has 1 aromatic rings. The highest BCUT2D eigenvalue weighted by Crippen LogP contribution is 2.18. The molecule has 1 aliphatic rings. The maximum atomic E-state index is 12.1. The topological polar surface area (TPSA) is 55.6 Å². The lowest BCUT2D eigenvalue weighted by Crippen LogP contribution is -2.30. The van der Waals surface area contributed by atoms with Gasteiger partial charge in [-0.2, -0.15) is 0 Å². The maximum absolute atomic E-state index is 12.1. The third-order valence-electron chi connectivity index (χ3n) is 3.21. The molecule has 0 aromatic heterocycles. The van der Waals surface area contributed by atoms with Crippen LogP contribution < -0.4 is 5.90 Å². The minimum absolute atomic E-state index is 0.174. The fraction of sp³-hybridized carbons (Fsp3) is 0.462. The molecule has 1 saturated heterocycles. The Morgan fingerprint density at radius 3 is 3.11 bits per heavy atom. The zero-order valence-corrected chi connectivity index (χ0v) is 11.7. The summed E-state index contributed by atoms with van der Waals surface area (Å²) in [5.41, 5.74) is 1.04. The lowest BCUT2D eigenvalue weighted by atomic mass is 10.1. The maximum Gasteiger partial charge on any atom is 0.227 e. The van der Waals surface area contributed by atoms with Crippen LogP contribution in [0.1, 0.15) is 12.0 Å². The molecule has 98 valence electrons. The second kappa shape index (κ2) is 6.31. The number of rotatable bonds is 4. The minimum Gasteiger partial charge on any atom is -0.342 e. The van der Waals surface area contributed by atoms with E-state index in [2.05, 4.69) is 20.8 Å². The Balaban J connectivity index is 1.89. The fourth-order valence-electron chi connectivity index (χ4n) is 2.26. The Morgan fingerprint density at radius 1 is 1.56 bits per heavy atom. The third kappa shape index (κ3) is 3.54. The minimum atomic E-state index is 0.174. The summed E-state index contributed by atoms with van der Waals surface area (Å²) in [7, 11) is 0. The number of carbonyl (C=O) groups is 1. The average molecular weight is 313 g/mol. The Labute approximate surface area is 115 Å². The molecule has 1 fully saturated rings. The predicted molar refractivity (Wildman–Crippen MR) is 72.7 cm³/mol. The van der Waals surface area contributed by atoms with E-state index >= 15 is 0 Å². The van der Waals surface area contributed by atoms with Crippen molar-refractivity contribution < 1.29 is 9.63 Å². The molecule has 1 amide bonds. The average Bonchev–Trinajstić information content (AvgIpc) is 2.78. The molecular formula is C13H17BrN2O2. The summed E-state index contributed by atoms with van der Waals surface area (Å²) >= 11 is 3.41. The summed E-state index contributed by atoms with van der Waals surface area (Å²) in [6.45, 7) is 2.09. The van der Waals surface area contributed by atoms with Gasteiger partial charge in [-0.25, -0.2) is 5.90 Å². The lowest BCUT2D eigenvalue weighted by Gasteiger charge is -2.16. The Kier molecular flexibility index (Phi) is 4.74. The summed E-state index contributed by atoms with van der Waals surface area (Å²) in [6, 6.07) is 7.86. The number of hydrogen-bond donors (Lipinski definition) is 1. The highest BCUT2D eigenvalue weighted by Gasteiger charge is 2.26. The normalized spacial score (nSPS) is 19.2. The monoisotopic (exact) mass is 312 g/mol. The molecule has 2 N–H and O–H groups in total. The number of nitrogens with zero attached hydrogens (tertiary/aromatic N) is 1. The molecule has 4 nitrogen and oxygen atoms in total. The summed E-state index contributed by atoms with van der Waals surface area (Å²) in [6.07, 6.45) is 1.43. The van der Waals surface area contributed by atoms with Crippen LogP contribution in [0.25, 0.3) is 0 Å². The SMILES string of the molecule is NOCC1CCN(C(=O)Cc2cccc(Br)c2)C1. The third-order valence-corrected chi connectivity index (χ3v) is 3.71. The van der Waals surface area contributed by atoms with Crippen molar-refractivity contribution in [3.63, 3.8) is 0 Å². The molecule has 18 heavy (non-hydrogen) atoms. The highest BCUT2D eigenvalue weighted by molar-refractivity contribution is 9.10. The van der Waals surface area contributed by atoms with Gasteiger partial charge in [-0.15, -0.1) is 0 Å². The van der Waals surface area contributed by atoms with Gasteiger partial charge in [0.05, 0.1) is 13.0 Å². The Morgan fingerprint density at radius 2 is 2.39 bits per heavy atom. The van der Waals surface area contributed by atoms with E-state index in [1.807, 2.05) is 29.2 Å². The predicted octanol–water partition coefficient (Wildman–Crippen LogP) is 1.73. The zero-order valence-electron chi connectivity index (χ0n) is 10.1. The van der Waals surface area contributed by atoms with Crippen LogP contribution in [0.4, 0.5) is 0 Å². The molecule has 0 saturated carbocycles. The first-order valence-electron chi connectivity index (χ1n) is 6.03. The second-order valence-electron chi connectivity index (χ2n) is 4.63. The van der Waals surface area contributed by atoms with E-state index in [9.17, 15) is 4.79 Å². The van der Waals surface area contributed by atoms with Gasteiger partial charge in [-0.1, -0.05) is 28.1 Å². The summed E-state index contributed by atoms with van der Waals surface area (Å²) in [4.78, 5) is 18.7. The molecule has 1 aliphatic heterocycles.